The molecule has 6 heteroatoms. The number of hydrogen-bond donors (Lipinski definition) is 1. The number of aliphatic carboxylic acids is 1. The standard InChI is InChI=1S/C15H17NO5/c17-14(18)8-11-3-1-2-6-16(11)15(19)10-4-5-12-13(7-10)21-9-20-12/h4-5,7,11H,1-3,6,8-9H2,(H,17,18). The minimum Gasteiger partial charge on any atom is -0.481 e. The van der Waals surface area contributed by atoms with E-state index in [1.807, 2.05) is 0 Å². The van der Waals surface area contributed by atoms with Crippen LogP contribution in [0.2, 0.25) is 0 Å². The van der Waals surface area contributed by atoms with E-state index < -0.39 is 5.97 Å². The molecule has 0 radical (unpaired) electrons. The van der Waals surface area contributed by atoms with E-state index in [4.69, 9.17) is 14.6 Å². The fraction of sp³-hybridized carbons (Fsp3) is 0.467. The molecule has 2 heterocycles. The van der Waals surface area contributed by atoms with Gasteiger partial charge in [-0.15, -0.1) is 0 Å². The van der Waals surface area contributed by atoms with Crippen LogP contribution in [-0.4, -0.2) is 41.3 Å². The smallest absolute Gasteiger partial charge is 0.305 e. The number of hydrogen-bond acceptors (Lipinski definition) is 4. The second kappa shape index (κ2) is 5.63. The second-order valence-corrected chi connectivity index (χ2v) is 5.31. The van der Waals surface area contributed by atoms with Gasteiger partial charge >= 0.3 is 5.97 Å². The molecule has 1 amide bonds. The fourth-order valence-corrected chi connectivity index (χ4v) is 2.88. The van der Waals surface area contributed by atoms with E-state index in [1.54, 1.807) is 23.1 Å². The third-order valence-corrected chi connectivity index (χ3v) is 3.92. The number of amides is 1. The lowest BCUT2D eigenvalue weighted by Gasteiger charge is -2.35. The van der Waals surface area contributed by atoms with E-state index in [-0.39, 0.29) is 25.2 Å². The lowest BCUT2D eigenvalue weighted by atomic mass is 9.98. The molecule has 2 aliphatic rings. The number of piperidine rings is 1. The Morgan fingerprint density at radius 1 is 1.24 bits per heavy atom. The average Bonchev–Trinajstić information content (AvgIpc) is 2.94. The molecule has 0 spiro atoms. The van der Waals surface area contributed by atoms with Crippen molar-refractivity contribution in [1.29, 1.82) is 0 Å². The maximum atomic E-state index is 12.6. The molecule has 0 bridgehead atoms. The summed E-state index contributed by atoms with van der Waals surface area (Å²) in [6, 6.07) is 4.85. The molecule has 0 aliphatic carbocycles. The molecular weight excluding hydrogens is 274 g/mol. The molecular formula is C15H17NO5. The quantitative estimate of drug-likeness (QED) is 0.920. The van der Waals surface area contributed by atoms with E-state index >= 15 is 0 Å². The molecule has 1 fully saturated rings. The van der Waals surface area contributed by atoms with Crippen LogP contribution in [0.25, 0.3) is 0 Å². The lowest BCUT2D eigenvalue weighted by Crippen LogP contribution is -2.44. The van der Waals surface area contributed by atoms with Crippen molar-refractivity contribution in [1.82, 2.24) is 4.90 Å². The van der Waals surface area contributed by atoms with Crippen molar-refractivity contribution in [3.63, 3.8) is 0 Å². The maximum absolute atomic E-state index is 12.6. The maximum Gasteiger partial charge on any atom is 0.305 e. The van der Waals surface area contributed by atoms with Crippen LogP contribution in [0.5, 0.6) is 11.5 Å². The number of carbonyl (C=O) groups is 2. The Morgan fingerprint density at radius 3 is 2.86 bits per heavy atom. The summed E-state index contributed by atoms with van der Waals surface area (Å²) in [5, 5.41) is 8.99. The van der Waals surface area contributed by atoms with Crippen molar-refractivity contribution < 1.29 is 24.2 Å². The van der Waals surface area contributed by atoms with E-state index in [1.165, 1.54) is 0 Å². The van der Waals surface area contributed by atoms with Crippen molar-refractivity contribution in [3.05, 3.63) is 23.8 Å². The number of carboxylic acids is 1. The minimum absolute atomic E-state index is 0.00368. The van der Waals surface area contributed by atoms with Gasteiger partial charge in [-0.1, -0.05) is 0 Å². The van der Waals surface area contributed by atoms with Crippen LogP contribution in [0.15, 0.2) is 18.2 Å². The van der Waals surface area contributed by atoms with E-state index in [0.717, 1.165) is 19.3 Å². The molecule has 3 rings (SSSR count). The zero-order chi connectivity index (χ0) is 14.8. The first-order chi connectivity index (χ1) is 10.1. The summed E-state index contributed by atoms with van der Waals surface area (Å²) in [6.07, 6.45) is 2.61. The van der Waals surface area contributed by atoms with Gasteiger partial charge in [0.25, 0.3) is 5.91 Å². The predicted octanol–water partition coefficient (Wildman–Crippen LogP) is 1.88. The number of rotatable bonds is 3. The van der Waals surface area contributed by atoms with Gasteiger partial charge in [-0.3, -0.25) is 9.59 Å². The molecule has 1 N–H and O–H groups in total. The van der Waals surface area contributed by atoms with Crippen molar-refractivity contribution in [2.45, 2.75) is 31.7 Å². The Labute approximate surface area is 122 Å². The Hall–Kier alpha value is -2.24. The Balaban J connectivity index is 1.80. The molecule has 1 saturated heterocycles. The van der Waals surface area contributed by atoms with Crippen molar-refractivity contribution in [3.8, 4) is 11.5 Å². The van der Waals surface area contributed by atoms with E-state index in [9.17, 15) is 9.59 Å². The van der Waals surface area contributed by atoms with Crippen molar-refractivity contribution in [2.24, 2.45) is 0 Å². The molecule has 0 aromatic heterocycles. The van der Waals surface area contributed by atoms with Gasteiger partial charge in [-0.2, -0.15) is 0 Å². The first-order valence-electron chi connectivity index (χ1n) is 7.07. The molecule has 0 saturated carbocycles. The summed E-state index contributed by atoms with van der Waals surface area (Å²) < 4.78 is 10.5. The van der Waals surface area contributed by atoms with Gasteiger partial charge in [0, 0.05) is 18.2 Å². The molecule has 2 aliphatic heterocycles. The summed E-state index contributed by atoms with van der Waals surface area (Å²) in [4.78, 5) is 25.3. The predicted molar refractivity (Wildman–Crippen MR) is 73.5 cm³/mol. The number of benzene rings is 1. The number of likely N-dealkylation sites (tertiary alicyclic amines) is 1. The van der Waals surface area contributed by atoms with Gasteiger partial charge in [0.2, 0.25) is 6.79 Å². The first kappa shape index (κ1) is 13.7. The second-order valence-electron chi connectivity index (χ2n) is 5.31. The normalized spacial score (nSPS) is 20.4. The van der Waals surface area contributed by atoms with Gasteiger partial charge in [0.15, 0.2) is 11.5 Å². The summed E-state index contributed by atoms with van der Waals surface area (Å²) in [6.45, 7) is 0.767. The largest absolute Gasteiger partial charge is 0.481 e. The van der Waals surface area contributed by atoms with Crippen LogP contribution < -0.4 is 9.47 Å². The Morgan fingerprint density at radius 2 is 2.05 bits per heavy atom. The Kier molecular flexibility index (Phi) is 3.68. The topological polar surface area (TPSA) is 76.1 Å². The van der Waals surface area contributed by atoms with Gasteiger partial charge in [0.05, 0.1) is 6.42 Å². The van der Waals surface area contributed by atoms with Gasteiger partial charge in [0.1, 0.15) is 0 Å². The van der Waals surface area contributed by atoms with Gasteiger partial charge < -0.3 is 19.5 Å². The zero-order valence-corrected chi connectivity index (χ0v) is 11.6. The summed E-state index contributed by atoms with van der Waals surface area (Å²) in [5.41, 5.74) is 0.511. The highest BCUT2D eigenvalue weighted by molar-refractivity contribution is 5.95. The van der Waals surface area contributed by atoms with E-state index in [0.29, 0.717) is 23.6 Å². The molecule has 6 nitrogen and oxygen atoms in total. The van der Waals surface area contributed by atoms with Gasteiger partial charge in [-0.05, 0) is 37.5 Å². The van der Waals surface area contributed by atoms with Crippen molar-refractivity contribution >= 4 is 11.9 Å². The van der Waals surface area contributed by atoms with Crippen LogP contribution in [0.1, 0.15) is 36.0 Å². The van der Waals surface area contributed by atoms with Crippen LogP contribution in [0.4, 0.5) is 0 Å². The SMILES string of the molecule is O=C(O)CC1CCCCN1C(=O)c1ccc2c(c1)OCO2. The molecule has 1 unspecified atom stereocenters. The van der Waals surface area contributed by atoms with Crippen LogP contribution >= 0.6 is 0 Å². The first-order valence-corrected chi connectivity index (χ1v) is 7.07. The number of ether oxygens (including phenoxy) is 2. The number of carboxylic acid groups (broad SMARTS) is 1. The highest BCUT2D eigenvalue weighted by atomic mass is 16.7. The molecule has 1 aromatic rings. The van der Waals surface area contributed by atoms with E-state index in [2.05, 4.69) is 0 Å². The third kappa shape index (κ3) is 2.79. The van der Waals surface area contributed by atoms with Crippen LogP contribution in [0.3, 0.4) is 0 Å². The fourth-order valence-electron chi connectivity index (χ4n) is 2.88. The zero-order valence-electron chi connectivity index (χ0n) is 11.6. The highest BCUT2D eigenvalue weighted by Crippen LogP contribution is 2.33. The van der Waals surface area contributed by atoms with Gasteiger partial charge in [-0.25, -0.2) is 0 Å². The summed E-state index contributed by atoms with van der Waals surface area (Å²) in [5.74, 6) is 0.185. The molecule has 1 aromatic carbocycles. The third-order valence-electron chi connectivity index (χ3n) is 3.92. The number of carbonyl (C=O) groups excluding carboxylic acids is 1. The average molecular weight is 291 g/mol. The molecule has 1 atom stereocenters. The minimum atomic E-state index is -0.870. The molecule has 112 valence electrons. The Bertz CT molecular complexity index is 571. The summed E-state index contributed by atoms with van der Waals surface area (Å²) in [7, 11) is 0. The van der Waals surface area contributed by atoms with Crippen molar-refractivity contribution in [2.75, 3.05) is 13.3 Å². The van der Waals surface area contributed by atoms with Crippen LogP contribution in [0, 0.1) is 0 Å². The number of nitrogens with zero attached hydrogens (tertiary/aromatic N) is 1. The molecule has 21 heavy (non-hydrogen) atoms. The number of fused-ring (bicyclic) bond motifs is 1. The highest BCUT2D eigenvalue weighted by Gasteiger charge is 2.29. The lowest BCUT2D eigenvalue weighted by molar-refractivity contribution is -0.138. The summed E-state index contributed by atoms with van der Waals surface area (Å²) >= 11 is 0. The van der Waals surface area contributed by atoms with Crippen LogP contribution in [-0.2, 0) is 4.79 Å². The monoisotopic (exact) mass is 291 g/mol.